The molecule has 1 aliphatic heterocycles. The van der Waals surface area contributed by atoms with Crippen molar-refractivity contribution in [1.82, 2.24) is 0 Å². The number of ketones is 1. The van der Waals surface area contributed by atoms with Gasteiger partial charge in [-0.05, 0) is 74.0 Å². The molecule has 1 fully saturated rings. The second-order valence-electron chi connectivity index (χ2n) is 8.04. The van der Waals surface area contributed by atoms with Crippen LogP contribution < -0.4 is 9.80 Å². The highest BCUT2D eigenvalue weighted by molar-refractivity contribution is 6.52. The summed E-state index contributed by atoms with van der Waals surface area (Å²) in [5.41, 5.74) is 2.45. The number of nitrogens with zero attached hydrogens (tertiary/aromatic N) is 2. The van der Waals surface area contributed by atoms with E-state index in [0.717, 1.165) is 18.8 Å². The average molecular weight is 530 g/mol. The molecule has 180 valence electrons. The zero-order chi connectivity index (χ0) is 25.3. The molecule has 1 N–H and O–H groups in total. The summed E-state index contributed by atoms with van der Waals surface area (Å²) in [7, 11) is 0. The molecular weight excluding hydrogens is 507 g/mol. The molecule has 1 heterocycles. The predicted octanol–water partition coefficient (Wildman–Crippen LogP) is 7.12. The average Bonchev–Trinajstić information content (AvgIpc) is 3.12. The van der Waals surface area contributed by atoms with E-state index in [1.165, 1.54) is 17.0 Å². The van der Waals surface area contributed by atoms with E-state index >= 15 is 0 Å². The van der Waals surface area contributed by atoms with Gasteiger partial charge in [0.2, 0.25) is 0 Å². The maximum absolute atomic E-state index is 13.3. The number of aliphatic hydroxyl groups is 1. The Hall–Kier alpha value is -2.99. The summed E-state index contributed by atoms with van der Waals surface area (Å²) in [6, 6.07) is 18.0. The maximum Gasteiger partial charge on any atom is 0.300 e. The number of carbonyl (C=O) groups excluding carboxylic acids is 2. The van der Waals surface area contributed by atoms with Crippen LogP contribution in [-0.2, 0) is 9.59 Å². The monoisotopic (exact) mass is 528 g/mol. The highest BCUT2D eigenvalue weighted by Crippen LogP contribution is 2.43. The largest absolute Gasteiger partial charge is 0.507 e. The fourth-order valence-electron chi connectivity index (χ4n) is 4.27. The second kappa shape index (κ2) is 10.3. The molecule has 0 saturated carbocycles. The van der Waals surface area contributed by atoms with E-state index < -0.39 is 17.7 Å². The van der Waals surface area contributed by atoms with Crippen molar-refractivity contribution in [2.75, 3.05) is 22.9 Å². The molecule has 8 heteroatoms. The summed E-state index contributed by atoms with van der Waals surface area (Å²) in [5, 5.41) is 12.3. The number of hydrogen-bond acceptors (Lipinski definition) is 4. The van der Waals surface area contributed by atoms with Gasteiger partial charge >= 0.3 is 0 Å². The van der Waals surface area contributed by atoms with Gasteiger partial charge in [-0.15, -0.1) is 0 Å². The van der Waals surface area contributed by atoms with Crippen LogP contribution in [0.1, 0.15) is 31.0 Å². The standard InChI is InChI=1S/C27H23Cl3N2O3/c1-3-31(4-2)19-10-5-16(6-11-19)24-23(25(33)17-7-14-21(29)22(30)15-17)26(34)27(35)32(24)20-12-8-18(28)9-13-20/h5-15,24,33H,3-4H2,1-2H3/b25-23-. The van der Waals surface area contributed by atoms with Crippen LogP contribution in [0.5, 0.6) is 0 Å². The molecule has 0 bridgehead atoms. The number of amides is 1. The highest BCUT2D eigenvalue weighted by Gasteiger charge is 2.47. The molecule has 1 amide bonds. The normalized spacial score (nSPS) is 17.2. The summed E-state index contributed by atoms with van der Waals surface area (Å²) in [5.74, 6) is -1.86. The summed E-state index contributed by atoms with van der Waals surface area (Å²) in [4.78, 5) is 30.1. The van der Waals surface area contributed by atoms with Crippen molar-refractivity contribution in [3.05, 3.63) is 98.5 Å². The van der Waals surface area contributed by atoms with Crippen LogP contribution in [-0.4, -0.2) is 29.9 Å². The van der Waals surface area contributed by atoms with Gasteiger partial charge < -0.3 is 10.0 Å². The van der Waals surface area contributed by atoms with E-state index in [2.05, 4.69) is 18.7 Å². The minimum absolute atomic E-state index is 0.0288. The zero-order valence-corrected chi connectivity index (χ0v) is 21.4. The van der Waals surface area contributed by atoms with Crippen molar-refractivity contribution in [3.63, 3.8) is 0 Å². The molecule has 0 radical (unpaired) electrons. The lowest BCUT2D eigenvalue weighted by Gasteiger charge is -2.27. The number of hydrogen-bond donors (Lipinski definition) is 1. The molecular formula is C27H23Cl3N2O3. The van der Waals surface area contributed by atoms with E-state index in [9.17, 15) is 14.7 Å². The lowest BCUT2D eigenvalue weighted by Crippen LogP contribution is -2.29. The highest BCUT2D eigenvalue weighted by atomic mass is 35.5. The van der Waals surface area contributed by atoms with Crippen molar-refractivity contribution < 1.29 is 14.7 Å². The number of anilines is 2. The minimum atomic E-state index is -0.851. The Kier molecular flexibility index (Phi) is 7.41. The maximum atomic E-state index is 13.3. The molecule has 3 aromatic rings. The van der Waals surface area contributed by atoms with Crippen molar-refractivity contribution in [2.24, 2.45) is 0 Å². The molecule has 5 nitrogen and oxygen atoms in total. The Morgan fingerprint density at radius 3 is 2.09 bits per heavy atom. The van der Waals surface area contributed by atoms with Gasteiger partial charge in [0.05, 0.1) is 21.7 Å². The third kappa shape index (κ3) is 4.76. The van der Waals surface area contributed by atoms with E-state index in [4.69, 9.17) is 34.8 Å². The van der Waals surface area contributed by atoms with Gasteiger partial charge in [-0.2, -0.15) is 0 Å². The first kappa shape index (κ1) is 25.1. The third-order valence-electron chi connectivity index (χ3n) is 6.08. The number of aliphatic hydroxyl groups excluding tert-OH is 1. The zero-order valence-electron chi connectivity index (χ0n) is 19.1. The van der Waals surface area contributed by atoms with Gasteiger partial charge in [0.1, 0.15) is 5.76 Å². The van der Waals surface area contributed by atoms with Crippen LogP contribution in [0.3, 0.4) is 0 Å². The van der Waals surface area contributed by atoms with Gasteiger partial charge in [0.15, 0.2) is 0 Å². The molecule has 35 heavy (non-hydrogen) atoms. The van der Waals surface area contributed by atoms with Crippen molar-refractivity contribution in [1.29, 1.82) is 0 Å². The Morgan fingerprint density at radius 2 is 1.51 bits per heavy atom. The van der Waals surface area contributed by atoms with Gasteiger partial charge in [0, 0.05) is 35.1 Å². The molecule has 1 unspecified atom stereocenters. The van der Waals surface area contributed by atoms with Crippen LogP contribution in [0.4, 0.5) is 11.4 Å². The molecule has 0 spiro atoms. The lowest BCUT2D eigenvalue weighted by molar-refractivity contribution is -0.132. The van der Waals surface area contributed by atoms with Crippen LogP contribution in [0.2, 0.25) is 15.1 Å². The molecule has 0 aliphatic carbocycles. The molecule has 1 atom stereocenters. The van der Waals surface area contributed by atoms with Gasteiger partial charge in [-0.1, -0.05) is 46.9 Å². The van der Waals surface area contributed by atoms with Gasteiger partial charge in [-0.3, -0.25) is 14.5 Å². The quantitative estimate of drug-likeness (QED) is 0.210. The van der Waals surface area contributed by atoms with Crippen molar-refractivity contribution in [2.45, 2.75) is 19.9 Å². The van der Waals surface area contributed by atoms with E-state index in [1.807, 2.05) is 24.3 Å². The molecule has 4 rings (SSSR count). The number of rotatable bonds is 6. The number of halogens is 3. The van der Waals surface area contributed by atoms with Crippen molar-refractivity contribution >= 4 is 63.6 Å². The first-order valence-electron chi connectivity index (χ1n) is 11.1. The summed E-state index contributed by atoms with van der Waals surface area (Å²) < 4.78 is 0. The molecule has 1 aliphatic rings. The Labute approximate surface area is 219 Å². The summed E-state index contributed by atoms with van der Waals surface area (Å²) >= 11 is 18.2. The van der Waals surface area contributed by atoms with E-state index in [0.29, 0.717) is 26.9 Å². The Balaban J connectivity index is 1.90. The molecule has 0 aromatic heterocycles. The SMILES string of the molecule is CCN(CC)c1ccc(C2/C(=C(/O)c3ccc(Cl)c(Cl)c3)C(=O)C(=O)N2c2ccc(Cl)cc2)cc1. The first-order chi connectivity index (χ1) is 16.8. The first-order valence-corrected chi connectivity index (χ1v) is 12.3. The molecule has 1 saturated heterocycles. The van der Waals surface area contributed by atoms with Crippen LogP contribution in [0.15, 0.2) is 72.3 Å². The Morgan fingerprint density at radius 1 is 0.886 bits per heavy atom. The molecule has 3 aromatic carbocycles. The van der Waals surface area contributed by atoms with Gasteiger partial charge in [-0.25, -0.2) is 0 Å². The summed E-state index contributed by atoms with van der Waals surface area (Å²) in [6.07, 6.45) is 0. The number of benzene rings is 3. The second-order valence-corrected chi connectivity index (χ2v) is 9.29. The van der Waals surface area contributed by atoms with Crippen molar-refractivity contribution in [3.8, 4) is 0 Å². The number of carbonyl (C=O) groups is 2. The smallest absolute Gasteiger partial charge is 0.300 e. The minimum Gasteiger partial charge on any atom is -0.507 e. The lowest BCUT2D eigenvalue weighted by atomic mass is 9.95. The number of Topliss-reactive ketones (excluding diaryl/α,β-unsaturated/α-hetero) is 1. The van der Waals surface area contributed by atoms with Crippen LogP contribution in [0, 0.1) is 0 Å². The van der Waals surface area contributed by atoms with E-state index in [1.54, 1.807) is 30.3 Å². The fraction of sp³-hybridized carbons (Fsp3) is 0.185. The third-order valence-corrected chi connectivity index (χ3v) is 7.07. The summed E-state index contributed by atoms with van der Waals surface area (Å²) in [6.45, 7) is 5.83. The fourth-order valence-corrected chi connectivity index (χ4v) is 4.70. The van der Waals surface area contributed by atoms with E-state index in [-0.39, 0.29) is 16.4 Å². The van der Waals surface area contributed by atoms with Crippen LogP contribution >= 0.6 is 34.8 Å². The van der Waals surface area contributed by atoms with Crippen LogP contribution in [0.25, 0.3) is 5.76 Å². The Bertz CT molecular complexity index is 1300. The topological polar surface area (TPSA) is 60.9 Å². The predicted molar refractivity (Wildman–Crippen MR) is 143 cm³/mol. The van der Waals surface area contributed by atoms with Gasteiger partial charge in [0.25, 0.3) is 11.7 Å².